The largest absolute Gasteiger partial charge is 0.317 e. The summed E-state index contributed by atoms with van der Waals surface area (Å²) in [5, 5.41) is 3.72. The molecule has 1 fully saturated rings. The highest BCUT2D eigenvalue weighted by Crippen LogP contribution is 2.23. The summed E-state index contributed by atoms with van der Waals surface area (Å²) in [5.74, 6) is 0.456. The minimum atomic E-state index is -3.27. The van der Waals surface area contributed by atoms with E-state index in [9.17, 15) is 8.42 Å². The van der Waals surface area contributed by atoms with Crippen LogP contribution >= 0.6 is 11.3 Å². The molecule has 0 atom stereocenters. The molecule has 1 saturated heterocycles. The van der Waals surface area contributed by atoms with Gasteiger partial charge in [0.25, 0.3) is 0 Å². The van der Waals surface area contributed by atoms with E-state index in [1.807, 2.05) is 13.8 Å². The summed E-state index contributed by atoms with van der Waals surface area (Å²) >= 11 is 1.39. The summed E-state index contributed by atoms with van der Waals surface area (Å²) in [6, 6.07) is 0. The molecule has 0 amide bonds. The van der Waals surface area contributed by atoms with Crippen LogP contribution in [0.4, 0.5) is 5.13 Å². The van der Waals surface area contributed by atoms with Crippen molar-refractivity contribution in [3.05, 3.63) is 10.6 Å². The van der Waals surface area contributed by atoms with Crippen molar-refractivity contribution in [3.8, 4) is 0 Å². The van der Waals surface area contributed by atoms with Gasteiger partial charge in [0.2, 0.25) is 10.0 Å². The second kappa shape index (κ2) is 5.54. The standard InChI is InChI=1S/C11H19N3O2S2/c1-8-9(2)17-11(13-8)14-18(15,16)7-10-3-5-12-6-4-10/h10,12H,3-7H2,1-2H3,(H,13,14). The quantitative estimate of drug-likeness (QED) is 0.881. The van der Waals surface area contributed by atoms with E-state index in [0.29, 0.717) is 5.13 Å². The normalized spacial score (nSPS) is 17.9. The predicted molar refractivity (Wildman–Crippen MR) is 74.6 cm³/mol. The maximum Gasteiger partial charge on any atom is 0.234 e. The van der Waals surface area contributed by atoms with E-state index in [4.69, 9.17) is 0 Å². The molecule has 1 aromatic heterocycles. The first-order valence-corrected chi connectivity index (χ1v) is 8.58. The van der Waals surface area contributed by atoms with Crippen molar-refractivity contribution >= 4 is 26.5 Å². The molecule has 7 heteroatoms. The summed E-state index contributed by atoms with van der Waals surface area (Å²) < 4.78 is 26.6. The van der Waals surface area contributed by atoms with Crippen LogP contribution in [0.15, 0.2) is 0 Å². The Bertz CT molecular complexity index is 485. The summed E-state index contributed by atoms with van der Waals surface area (Å²) in [7, 11) is -3.27. The zero-order valence-corrected chi connectivity index (χ0v) is 12.3. The number of thiazole rings is 1. The molecule has 1 aliphatic heterocycles. The van der Waals surface area contributed by atoms with Gasteiger partial charge < -0.3 is 5.32 Å². The fourth-order valence-electron chi connectivity index (χ4n) is 2.05. The van der Waals surface area contributed by atoms with Gasteiger partial charge in [-0.2, -0.15) is 0 Å². The number of rotatable bonds is 4. The zero-order valence-electron chi connectivity index (χ0n) is 10.7. The minimum absolute atomic E-state index is 0.201. The molecule has 1 aliphatic rings. The van der Waals surface area contributed by atoms with Crippen LogP contribution in [-0.4, -0.2) is 32.2 Å². The second-order valence-corrected chi connectivity index (χ2v) is 7.71. The number of aryl methyl sites for hydroxylation is 2. The van der Waals surface area contributed by atoms with Crippen LogP contribution in [0.1, 0.15) is 23.4 Å². The van der Waals surface area contributed by atoms with E-state index < -0.39 is 10.0 Å². The van der Waals surface area contributed by atoms with E-state index in [1.54, 1.807) is 0 Å². The summed E-state index contributed by atoms with van der Waals surface area (Å²) in [5.41, 5.74) is 0.888. The number of nitrogens with one attached hydrogen (secondary N) is 2. The Labute approximate surface area is 112 Å². The van der Waals surface area contributed by atoms with Crippen molar-refractivity contribution in [3.63, 3.8) is 0 Å². The molecule has 18 heavy (non-hydrogen) atoms. The van der Waals surface area contributed by atoms with Crippen LogP contribution < -0.4 is 10.0 Å². The molecule has 0 unspecified atom stereocenters. The van der Waals surface area contributed by atoms with Crippen LogP contribution in [0.5, 0.6) is 0 Å². The number of nitrogens with zero attached hydrogens (tertiary/aromatic N) is 1. The van der Waals surface area contributed by atoms with Gasteiger partial charge in [0, 0.05) is 4.88 Å². The third-order valence-corrected chi connectivity index (χ3v) is 5.72. The maximum absolute atomic E-state index is 12.0. The van der Waals surface area contributed by atoms with E-state index in [0.717, 1.165) is 36.5 Å². The SMILES string of the molecule is Cc1nc(NS(=O)(=O)CC2CCNCC2)sc1C. The number of aromatic nitrogens is 1. The smallest absolute Gasteiger partial charge is 0.234 e. The third-order valence-electron chi connectivity index (χ3n) is 3.19. The predicted octanol–water partition coefficient (Wildman–Crippen LogP) is 1.50. The highest BCUT2D eigenvalue weighted by Gasteiger charge is 2.22. The van der Waals surface area contributed by atoms with Crippen molar-refractivity contribution in [1.29, 1.82) is 0 Å². The number of hydrogen-bond acceptors (Lipinski definition) is 5. The lowest BCUT2D eigenvalue weighted by Crippen LogP contribution is -2.33. The van der Waals surface area contributed by atoms with Crippen molar-refractivity contribution in [2.75, 3.05) is 23.6 Å². The molecular formula is C11H19N3O2S2. The highest BCUT2D eigenvalue weighted by atomic mass is 32.2. The highest BCUT2D eigenvalue weighted by molar-refractivity contribution is 7.92. The molecule has 1 aromatic rings. The van der Waals surface area contributed by atoms with E-state index in [2.05, 4.69) is 15.0 Å². The molecule has 2 heterocycles. The lowest BCUT2D eigenvalue weighted by molar-refractivity contribution is 0.402. The lowest BCUT2D eigenvalue weighted by atomic mass is 10.0. The molecule has 2 N–H and O–H groups in total. The maximum atomic E-state index is 12.0. The molecular weight excluding hydrogens is 270 g/mol. The average Bonchev–Trinajstić information content (AvgIpc) is 2.57. The van der Waals surface area contributed by atoms with Crippen LogP contribution in [0.3, 0.4) is 0 Å². The first-order valence-electron chi connectivity index (χ1n) is 6.11. The summed E-state index contributed by atoms with van der Waals surface area (Å²) in [6.45, 7) is 5.65. The first-order chi connectivity index (χ1) is 8.46. The van der Waals surface area contributed by atoms with E-state index >= 15 is 0 Å². The third kappa shape index (κ3) is 3.66. The molecule has 0 spiro atoms. The topological polar surface area (TPSA) is 71.1 Å². The molecule has 0 aliphatic carbocycles. The van der Waals surface area contributed by atoms with Gasteiger partial charge in [-0.1, -0.05) is 0 Å². The van der Waals surface area contributed by atoms with Crippen LogP contribution in [0, 0.1) is 19.8 Å². The Hall–Kier alpha value is -0.660. The van der Waals surface area contributed by atoms with E-state index in [1.165, 1.54) is 11.3 Å². The van der Waals surface area contributed by atoms with Crippen molar-refractivity contribution < 1.29 is 8.42 Å². The van der Waals surface area contributed by atoms with Gasteiger partial charge >= 0.3 is 0 Å². The lowest BCUT2D eigenvalue weighted by Gasteiger charge is -2.22. The summed E-state index contributed by atoms with van der Waals surface area (Å²) in [6.07, 6.45) is 1.85. The van der Waals surface area contributed by atoms with Gasteiger partial charge in [0.1, 0.15) is 0 Å². The van der Waals surface area contributed by atoms with Gasteiger partial charge in [0.15, 0.2) is 5.13 Å². The Balaban J connectivity index is 1.98. The Morgan fingerprint density at radius 1 is 1.39 bits per heavy atom. The van der Waals surface area contributed by atoms with Gasteiger partial charge in [-0.05, 0) is 45.7 Å². The van der Waals surface area contributed by atoms with Gasteiger partial charge in [-0.15, -0.1) is 11.3 Å². The molecule has 102 valence electrons. The molecule has 2 rings (SSSR count). The van der Waals surface area contributed by atoms with Gasteiger partial charge in [-0.3, -0.25) is 4.72 Å². The molecule has 0 bridgehead atoms. The van der Waals surface area contributed by atoms with Crippen molar-refractivity contribution in [1.82, 2.24) is 10.3 Å². The molecule has 0 saturated carbocycles. The number of sulfonamides is 1. The average molecular weight is 289 g/mol. The minimum Gasteiger partial charge on any atom is -0.317 e. The van der Waals surface area contributed by atoms with Crippen LogP contribution in [-0.2, 0) is 10.0 Å². The number of hydrogen-bond donors (Lipinski definition) is 2. The Morgan fingerprint density at radius 3 is 2.61 bits per heavy atom. The van der Waals surface area contributed by atoms with Crippen LogP contribution in [0.2, 0.25) is 0 Å². The zero-order chi connectivity index (χ0) is 13.2. The second-order valence-electron chi connectivity index (χ2n) is 4.74. The van der Waals surface area contributed by atoms with Gasteiger partial charge in [0.05, 0.1) is 11.4 Å². The molecule has 0 radical (unpaired) electrons. The van der Waals surface area contributed by atoms with E-state index in [-0.39, 0.29) is 11.7 Å². The molecule has 5 nitrogen and oxygen atoms in total. The van der Waals surface area contributed by atoms with Crippen LogP contribution in [0.25, 0.3) is 0 Å². The monoisotopic (exact) mass is 289 g/mol. The molecule has 0 aromatic carbocycles. The number of anilines is 1. The Kier molecular flexibility index (Phi) is 4.24. The van der Waals surface area contributed by atoms with Crippen molar-refractivity contribution in [2.24, 2.45) is 5.92 Å². The van der Waals surface area contributed by atoms with Gasteiger partial charge in [-0.25, -0.2) is 13.4 Å². The number of piperidine rings is 1. The first kappa shape index (κ1) is 13.8. The Morgan fingerprint density at radius 2 is 2.06 bits per heavy atom. The van der Waals surface area contributed by atoms with Crippen molar-refractivity contribution in [2.45, 2.75) is 26.7 Å². The fraction of sp³-hybridized carbons (Fsp3) is 0.727. The summed E-state index contributed by atoms with van der Waals surface area (Å²) in [4.78, 5) is 5.25. The fourth-order valence-corrected chi connectivity index (χ4v) is 4.61.